The summed E-state index contributed by atoms with van der Waals surface area (Å²) in [6, 6.07) is 9.39. The third kappa shape index (κ3) is 1.13. The predicted octanol–water partition coefficient (Wildman–Crippen LogP) is 1.96. The zero-order valence-corrected chi connectivity index (χ0v) is 8.73. The van der Waals surface area contributed by atoms with Crippen LogP contribution in [0.2, 0.25) is 0 Å². The summed E-state index contributed by atoms with van der Waals surface area (Å²) < 4.78 is 5.98. The Labute approximate surface area is 91.7 Å². The average Bonchev–Trinajstić information content (AvgIpc) is 2.68. The average molecular weight is 214 g/mol. The van der Waals surface area contributed by atoms with Gasteiger partial charge in [0, 0.05) is 11.5 Å². The fraction of sp³-hybridized carbons (Fsp3) is 0.0833. The van der Waals surface area contributed by atoms with Crippen LogP contribution in [0.5, 0.6) is 5.75 Å². The molecule has 0 atom stereocenters. The monoisotopic (exact) mass is 214 g/mol. The predicted molar refractivity (Wildman–Crippen MR) is 61.3 cm³/mol. The number of nitrogens with zero attached hydrogens (tertiary/aromatic N) is 1. The fourth-order valence-corrected chi connectivity index (χ4v) is 1.95. The van der Waals surface area contributed by atoms with Gasteiger partial charge in [-0.1, -0.05) is 0 Å². The summed E-state index contributed by atoms with van der Waals surface area (Å²) in [6.45, 7) is 0. The minimum atomic E-state index is 0.575. The summed E-state index contributed by atoms with van der Waals surface area (Å²) in [7, 11) is 1.62. The lowest BCUT2D eigenvalue weighted by atomic mass is 10.2. The normalized spacial score (nSPS) is 11.1. The van der Waals surface area contributed by atoms with Crippen molar-refractivity contribution in [1.29, 1.82) is 0 Å². The lowest BCUT2D eigenvalue weighted by Gasteiger charge is -1.99. The summed E-state index contributed by atoms with van der Waals surface area (Å²) in [6.07, 6.45) is 1.48. The van der Waals surface area contributed by atoms with Gasteiger partial charge in [0.25, 0.3) is 5.65 Å². The lowest BCUT2D eigenvalue weighted by molar-refractivity contribution is -0.578. The van der Waals surface area contributed by atoms with Gasteiger partial charge in [-0.25, -0.2) is 9.71 Å². The molecule has 1 N–H and O–H groups in total. The van der Waals surface area contributed by atoms with E-state index in [1.165, 1.54) is 6.20 Å². The van der Waals surface area contributed by atoms with Crippen LogP contribution in [0.3, 0.4) is 0 Å². The van der Waals surface area contributed by atoms with Gasteiger partial charge in [0.05, 0.1) is 18.7 Å². The summed E-state index contributed by atoms with van der Waals surface area (Å²) in [4.78, 5) is 3.09. The van der Waals surface area contributed by atoms with E-state index in [4.69, 9.17) is 4.74 Å². The Balaban J connectivity index is 2.45. The Kier molecular flexibility index (Phi) is 1.77. The zero-order valence-electron chi connectivity index (χ0n) is 8.73. The van der Waals surface area contributed by atoms with Crippen molar-refractivity contribution < 1.29 is 9.47 Å². The van der Waals surface area contributed by atoms with Gasteiger partial charge in [0.1, 0.15) is 11.3 Å². The molecule has 4 nitrogen and oxygen atoms in total. The summed E-state index contributed by atoms with van der Waals surface area (Å²) in [5.41, 5.74) is 1.48. The molecule has 0 aliphatic heterocycles. The molecule has 0 amide bonds. The molecule has 0 bridgehead atoms. The fourth-order valence-electron chi connectivity index (χ4n) is 1.95. The topological polar surface area (TPSA) is 52.0 Å². The summed E-state index contributed by atoms with van der Waals surface area (Å²) in [5.74, 6) is 0.775. The van der Waals surface area contributed by atoms with E-state index in [0.717, 1.165) is 26.8 Å². The Bertz CT molecular complexity index is 673. The molecule has 0 spiro atoms. The highest BCUT2D eigenvalue weighted by molar-refractivity contribution is 6.05. The molecule has 4 heteroatoms. The summed E-state index contributed by atoms with van der Waals surface area (Å²) in [5, 5.41) is 13.5. The SMILES string of the molecule is COc1ccc2c(c1)[nH]c1c2ccc[n+]1[O-]. The van der Waals surface area contributed by atoms with Gasteiger partial charge < -0.3 is 9.94 Å². The molecular formula is C12H10N2O2. The highest BCUT2D eigenvalue weighted by Gasteiger charge is 2.11. The van der Waals surface area contributed by atoms with Gasteiger partial charge in [-0.2, -0.15) is 0 Å². The Hall–Kier alpha value is -2.23. The smallest absolute Gasteiger partial charge is 0.290 e. The second-order valence-corrected chi connectivity index (χ2v) is 3.63. The van der Waals surface area contributed by atoms with E-state index in [9.17, 15) is 5.21 Å². The molecule has 0 saturated heterocycles. The first-order valence-electron chi connectivity index (χ1n) is 4.97. The first kappa shape index (κ1) is 9.03. The van der Waals surface area contributed by atoms with Crippen molar-refractivity contribution in [1.82, 2.24) is 4.98 Å². The Morgan fingerprint density at radius 2 is 2.12 bits per heavy atom. The first-order chi connectivity index (χ1) is 7.79. The number of pyridine rings is 1. The number of H-pyrrole nitrogens is 1. The van der Waals surface area contributed by atoms with E-state index in [0.29, 0.717) is 5.65 Å². The molecule has 0 unspecified atom stereocenters. The molecule has 0 saturated carbocycles. The van der Waals surface area contributed by atoms with E-state index < -0.39 is 0 Å². The van der Waals surface area contributed by atoms with Crippen molar-refractivity contribution in [3.05, 3.63) is 41.7 Å². The summed E-state index contributed by atoms with van der Waals surface area (Å²) >= 11 is 0. The van der Waals surface area contributed by atoms with E-state index in [1.54, 1.807) is 13.2 Å². The van der Waals surface area contributed by atoms with Gasteiger partial charge in [-0.05, 0) is 24.3 Å². The number of aromatic nitrogens is 2. The third-order valence-electron chi connectivity index (χ3n) is 2.73. The number of hydrogen-bond acceptors (Lipinski definition) is 2. The number of aromatic amines is 1. The molecule has 3 aromatic rings. The first-order valence-corrected chi connectivity index (χ1v) is 4.97. The Morgan fingerprint density at radius 3 is 2.94 bits per heavy atom. The molecular weight excluding hydrogens is 204 g/mol. The van der Waals surface area contributed by atoms with E-state index in [2.05, 4.69) is 4.98 Å². The molecule has 0 aliphatic rings. The van der Waals surface area contributed by atoms with E-state index >= 15 is 0 Å². The third-order valence-corrected chi connectivity index (χ3v) is 2.73. The number of hydrogen-bond donors (Lipinski definition) is 1. The largest absolute Gasteiger partial charge is 0.711 e. The molecule has 3 rings (SSSR count). The van der Waals surface area contributed by atoms with E-state index in [-0.39, 0.29) is 0 Å². The zero-order chi connectivity index (χ0) is 11.1. The van der Waals surface area contributed by atoms with Gasteiger partial charge in [-0.15, -0.1) is 0 Å². The van der Waals surface area contributed by atoms with Crippen LogP contribution >= 0.6 is 0 Å². The number of nitrogens with one attached hydrogen (secondary N) is 1. The van der Waals surface area contributed by atoms with Crippen molar-refractivity contribution in [3.8, 4) is 5.75 Å². The van der Waals surface area contributed by atoms with Crippen LogP contribution in [0.15, 0.2) is 36.5 Å². The Morgan fingerprint density at radius 1 is 1.25 bits per heavy atom. The van der Waals surface area contributed by atoms with Crippen molar-refractivity contribution in [3.63, 3.8) is 0 Å². The molecule has 2 heterocycles. The number of benzene rings is 1. The van der Waals surface area contributed by atoms with Crippen molar-refractivity contribution >= 4 is 21.9 Å². The van der Waals surface area contributed by atoms with Crippen molar-refractivity contribution in [2.24, 2.45) is 0 Å². The van der Waals surface area contributed by atoms with Crippen LogP contribution in [0.1, 0.15) is 0 Å². The van der Waals surface area contributed by atoms with Gasteiger partial charge in [0.15, 0.2) is 0 Å². The molecule has 0 aliphatic carbocycles. The number of rotatable bonds is 1. The van der Waals surface area contributed by atoms with Gasteiger partial charge in [0.2, 0.25) is 0 Å². The van der Waals surface area contributed by atoms with Gasteiger partial charge >= 0.3 is 0 Å². The van der Waals surface area contributed by atoms with Gasteiger partial charge in [-0.3, -0.25) is 0 Å². The van der Waals surface area contributed by atoms with Crippen molar-refractivity contribution in [2.45, 2.75) is 0 Å². The maximum absolute atomic E-state index is 11.6. The van der Waals surface area contributed by atoms with Crippen LogP contribution in [-0.4, -0.2) is 12.1 Å². The maximum Gasteiger partial charge on any atom is 0.290 e. The lowest BCUT2D eigenvalue weighted by Crippen LogP contribution is -2.25. The molecule has 0 fully saturated rings. The quantitative estimate of drug-likeness (QED) is 0.497. The maximum atomic E-state index is 11.6. The number of ether oxygens (including phenoxy) is 1. The minimum absolute atomic E-state index is 0.575. The molecule has 1 aromatic carbocycles. The van der Waals surface area contributed by atoms with Crippen LogP contribution < -0.4 is 9.47 Å². The highest BCUT2D eigenvalue weighted by atomic mass is 16.5. The van der Waals surface area contributed by atoms with Crippen LogP contribution in [0, 0.1) is 5.21 Å². The molecule has 16 heavy (non-hydrogen) atoms. The number of fused-ring (bicyclic) bond motifs is 3. The second-order valence-electron chi connectivity index (χ2n) is 3.63. The van der Waals surface area contributed by atoms with Crippen LogP contribution in [-0.2, 0) is 0 Å². The minimum Gasteiger partial charge on any atom is -0.711 e. The number of methoxy groups -OCH3 is 1. The standard InChI is InChI=1S/C12H10N2O2/c1-16-8-4-5-9-10-3-2-6-14(15)12(10)13-11(9)7-8/h2-7,13H,1H3. The second kappa shape index (κ2) is 3.13. The van der Waals surface area contributed by atoms with Crippen LogP contribution in [0.25, 0.3) is 21.9 Å². The van der Waals surface area contributed by atoms with Crippen molar-refractivity contribution in [2.75, 3.05) is 7.11 Å². The highest BCUT2D eigenvalue weighted by Crippen LogP contribution is 2.26. The molecule has 0 radical (unpaired) electrons. The van der Waals surface area contributed by atoms with Crippen LogP contribution in [0.4, 0.5) is 0 Å². The van der Waals surface area contributed by atoms with E-state index in [1.807, 2.05) is 24.3 Å². The molecule has 2 aromatic heterocycles. The molecule has 80 valence electrons.